The fourth-order valence-electron chi connectivity index (χ4n) is 5.55. The van der Waals surface area contributed by atoms with Crippen LogP contribution in [-0.4, -0.2) is 41.3 Å². The van der Waals surface area contributed by atoms with Gasteiger partial charge < -0.3 is 20.5 Å². The van der Waals surface area contributed by atoms with Crippen LogP contribution in [0.2, 0.25) is 0 Å². The van der Waals surface area contributed by atoms with Crippen LogP contribution in [-0.2, 0) is 14.3 Å². The van der Waals surface area contributed by atoms with E-state index in [4.69, 9.17) is 9.84 Å². The third-order valence-electron chi connectivity index (χ3n) is 7.48. The topological polar surface area (TPSA) is 105 Å². The van der Waals surface area contributed by atoms with Gasteiger partial charge in [0.1, 0.15) is 6.61 Å². The Morgan fingerprint density at radius 3 is 2.18 bits per heavy atom. The molecule has 2 aromatic carbocycles. The summed E-state index contributed by atoms with van der Waals surface area (Å²) in [7, 11) is 0. The van der Waals surface area contributed by atoms with Crippen LogP contribution in [0.25, 0.3) is 11.1 Å². The summed E-state index contributed by atoms with van der Waals surface area (Å²) in [5.74, 6) is -1.47. The molecule has 2 fully saturated rings. The van der Waals surface area contributed by atoms with E-state index in [0.717, 1.165) is 24.0 Å². The molecule has 0 saturated heterocycles. The summed E-state index contributed by atoms with van der Waals surface area (Å²) in [5, 5.41) is 15.0. The second kappa shape index (κ2) is 9.12. The third kappa shape index (κ3) is 4.52. The smallest absolute Gasteiger partial charge is 0.407 e. The average Bonchev–Trinajstić information content (AvgIpc) is 3.49. The van der Waals surface area contributed by atoms with Crippen molar-refractivity contribution in [3.05, 3.63) is 59.7 Å². The molecular weight excluding hydrogens is 432 g/mol. The van der Waals surface area contributed by atoms with Gasteiger partial charge in [0.05, 0.1) is 17.9 Å². The molecule has 178 valence electrons. The molecule has 2 saturated carbocycles. The second-order valence-corrected chi connectivity index (χ2v) is 9.81. The van der Waals surface area contributed by atoms with E-state index in [1.165, 1.54) is 11.1 Å². The van der Waals surface area contributed by atoms with Crippen molar-refractivity contribution in [3.8, 4) is 11.1 Å². The summed E-state index contributed by atoms with van der Waals surface area (Å²) in [4.78, 5) is 36.9. The average molecular weight is 463 g/mol. The molecule has 7 nitrogen and oxygen atoms in total. The number of alkyl carbamates (subject to hydrolysis) is 1. The Balaban J connectivity index is 1.21. The molecule has 3 aliphatic carbocycles. The summed E-state index contributed by atoms with van der Waals surface area (Å²) in [6, 6.07) is 16.1. The van der Waals surface area contributed by atoms with E-state index < -0.39 is 17.6 Å². The van der Waals surface area contributed by atoms with Crippen LogP contribution in [0, 0.1) is 5.92 Å². The first kappa shape index (κ1) is 22.4. The highest BCUT2D eigenvalue weighted by molar-refractivity contribution is 5.83. The lowest BCUT2D eigenvalue weighted by atomic mass is 9.83. The van der Waals surface area contributed by atoms with Gasteiger partial charge in [-0.25, -0.2) is 4.79 Å². The molecule has 2 amide bonds. The molecule has 2 aromatic rings. The maximum atomic E-state index is 13.0. The summed E-state index contributed by atoms with van der Waals surface area (Å²) < 4.78 is 5.68. The molecule has 2 unspecified atom stereocenters. The number of ether oxygens (including phenoxy) is 1. The summed E-state index contributed by atoms with van der Waals surface area (Å²) in [6.45, 7) is 0.227. The van der Waals surface area contributed by atoms with Gasteiger partial charge in [-0.3, -0.25) is 9.59 Å². The number of benzene rings is 2. The number of hydrogen-bond acceptors (Lipinski definition) is 4. The zero-order valence-electron chi connectivity index (χ0n) is 19.1. The summed E-state index contributed by atoms with van der Waals surface area (Å²) in [6.07, 6.45) is 4.00. The number of rotatable bonds is 7. The van der Waals surface area contributed by atoms with E-state index in [-0.39, 0.29) is 36.8 Å². The van der Waals surface area contributed by atoms with E-state index in [0.29, 0.717) is 25.7 Å². The third-order valence-corrected chi connectivity index (χ3v) is 7.48. The first-order chi connectivity index (χ1) is 16.5. The Kier molecular flexibility index (Phi) is 6.02. The highest BCUT2D eigenvalue weighted by atomic mass is 16.5. The molecular formula is C27H30N2O5. The predicted molar refractivity (Wildman–Crippen MR) is 126 cm³/mol. The van der Waals surface area contributed by atoms with Crippen molar-refractivity contribution in [2.75, 3.05) is 6.61 Å². The number of amides is 2. The van der Waals surface area contributed by atoms with Gasteiger partial charge in [-0.15, -0.1) is 0 Å². The molecule has 0 bridgehead atoms. The van der Waals surface area contributed by atoms with Crippen molar-refractivity contribution in [1.29, 1.82) is 0 Å². The number of carbonyl (C=O) groups excluding carboxylic acids is 2. The number of aliphatic carboxylic acids is 1. The minimum atomic E-state index is -0.908. The Labute approximate surface area is 198 Å². The van der Waals surface area contributed by atoms with Crippen molar-refractivity contribution in [2.24, 2.45) is 5.92 Å². The minimum Gasteiger partial charge on any atom is -0.481 e. The largest absolute Gasteiger partial charge is 0.481 e. The standard InChI is InChI=1S/C27H30N2O5/c30-24(31)15-27(13-14-27)29-25(32)21-11-5-6-12-23(21)28-26(33)34-16-22-19-9-3-1-7-17(19)18-8-2-4-10-20(18)22/h1-4,7-10,21-23H,5-6,11-16H2,(H,28,33)(H,29,32)(H,30,31). The molecule has 0 heterocycles. The first-order valence-electron chi connectivity index (χ1n) is 12.1. The van der Waals surface area contributed by atoms with Crippen LogP contribution in [0.5, 0.6) is 0 Å². The van der Waals surface area contributed by atoms with Crippen molar-refractivity contribution < 1.29 is 24.2 Å². The molecule has 0 radical (unpaired) electrons. The second-order valence-electron chi connectivity index (χ2n) is 9.81. The number of carboxylic acids is 1. The van der Waals surface area contributed by atoms with E-state index in [9.17, 15) is 14.4 Å². The molecule has 3 N–H and O–H groups in total. The summed E-state index contributed by atoms with van der Waals surface area (Å²) >= 11 is 0. The van der Waals surface area contributed by atoms with Gasteiger partial charge >= 0.3 is 12.1 Å². The molecule has 0 aliphatic heterocycles. The number of nitrogens with one attached hydrogen (secondary N) is 2. The van der Waals surface area contributed by atoms with Gasteiger partial charge in [-0.05, 0) is 47.9 Å². The Morgan fingerprint density at radius 2 is 1.56 bits per heavy atom. The zero-order valence-corrected chi connectivity index (χ0v) is 19.1. The van der Waals surface area contributed by atoms with Crippen molar-refractivity contribution in [1.82, 2.24) is 10.6 Å². The normalized spacial score (nSPS) is 22.2. The van der Waals surface area contributed by atoms with E-state index in [2.05, 4.69) is 34.9 Å². The van der Waals surface area contributed by atoms with Gasteiger partial charge in [0.25, 0.3) is 0 Å². The number of carboxylic acid groups (broad SMARTS) is 1. The van der Waals surface area contributed by atoms with Crippen LogP contribution in [0.15, 0.2) is 48.5 Å². The Morgan fingerprint density at radius 1 is 0.941 bits per heavy atom. The SMILES string of the molecule is O=C(O)CC1(NC(=O)C2CCCCC2NC(=O)OCC2c3ccccc3-c3ccccc32)CC1. The molecule has 5 rings (SSSR count). The monoisotopic (exact) mass is 462 g/mol. The zero-order chi connectivity index (χ0) is 23.7. The van der Waals surface area contributed by atoms with E-state index >= 15 is 0 Å². The predicted octanol–water partition coefficient (Wildman–Crippen LogP) is 4.21. The van der Waals surface area contributed by atoms with E-state index in [1.807, 2.05) is 24.3 Å². The maximum Gasteiger partial charge on any atom is 0.407 e. The highest BCUT2D eigenvalue weighted by Gasteiger charge is 2.47. The van der Waals surface area contributed by atoms with Gasteiger partial charge in [0.2, 0.25) is 5.91 Å². The van der Waals surface area contributed by atoms with Crippen LogP contribution in [0.3, 0.4) is 0 Å². The van der Waals surface area contributed by atoms with Gasteiger partial charge in [-0.1, -0.05) is 61.4 Å². The van der Waals surface area contributed by atoms with Gasteiger partial charge in [0, 0.05) is 12.0 Å². The number of fused-ring (bicyclic) bond motifs is 3. The number of carbonyl (C=O) groups is 3. The fraction of sp³-hybridized carbons (Fsp3) is 0.444. The lowest BCUT2D eigenvalue weighted by Crippen LogP contribution is -2.51. The number of hydrogen-bond donors (Lipinski definition) is 3. The molecule has 34 heavy (non-hydrogen) atoms. The maximum absolute atomic E-state index is 13.0. The van der Waals surface area contributed by atoms with Crippen molar-refractivity contribution in [3.63, 3.8) is 0 Å². The van der Waals surface area contributed by atoms with Gasteiger partial charge in [0.15, 0.2) is 0 Å². The van der Waals surface area contributed by atoms with Crippen LogP contribution >= 0.6 is 0 Å². The van der Waals surface area contributed by atoms with Crippen LogP contribution in [0.1, 0.15) is 62.0 Å². The minimum absolute atomic E-state index is 0.0191. The molecule has 0 spiro atoms. The Hall–Kier alpha value is -3.35. The quantitative estimate of drug-likeness (QED) is 0.572. The molecule has 7 heteroatoms. The Bertz CT molecular complexity index is 1060. The van der Waals surface area contributed by atoms with Crippen molar-refractivity contribution >= 4 is 18.0 Å². The van der Waals surface area contributed by atoms with Crippen molar-refractivity contribution in [2.45, 2.75) is 62.4 Å². The lowest BCUT2D eigenvalue weighted by Gasteiger charge is -2.32. The van der Waals surface area contributed by atoms with Crippen LogP contribution < -0.4 is 10.6 Å². The molecule has 0 aromatic heterocycles. The van der Waals surface area contributed by atoms with E-state index in [1.54, 1.807) is 0 Å². The lowest BCUT2D eigenvalue weighted by molar-refractivity contribution is -0.138. The highest BCUT2D eigenvalue weighted by Crippen LogP contribution is 2.44. The molecule has 3 aliphatic rings. The van der Waals surface area contributed by atoms with Gasteiger partial charge in [-0.2, -0.15) is 0 Å². The fourth-order valence-corrected chi connectivity index (χ4v) is 5.55. The van der Waals surface area contributed by atoms with Crippen LogP contribution in [0.4, 0.5) is 4.79 Å². The summed E-state index contributed by atoms with van der Waals surface area (Å²) in [5.41, 5.74) is 4.03. The molecule has 2 atom stereocenters. The first-order valence-corrected chi connectivity index (χ1v) is 12.1.